The van der Waals surface area contributed by atoms with Gasteiger partial charge in [0.05, 0.1) is 10.5 Å². The number of hydrogen-bond donors (Lipinski definition) is 3. The molecular formula is C16H24N2O4S. The first-order valence-corrected chi connectivity index (χ1v) is 9.25. The average molecular weight is 340 g/mol. The number of nitrogens with one attached hydrogen (secondary N) is 2. The number of carbonyl (C=O) groups is 1. The van der Waals surface area contributed by atoms with Gasteiger partial charge in [-0.05, 0) is 51.8 Å². The zero-order chi connectivity index (χ0) is 17.3. The lowest BCUT2D eigenvalue weighted by Gasteiger charge is -2.21. The lowest BCUT2D eigenvalue weighted by atomic mass is 10.1. The van der Waals surface area contributed by atoms with E-state index in [0.29, 0.717) is 5.69 Å². The number of carboxylic acids is 1. The molecule has 1 aromatic rings. The fraction of sp³-hybridized carbons (Fsp3) is 0.562. The predicted octanol–water partition coefficient (Wildman–Crippen LogP) is 2.82. The van der Waals surface area contributed by atoms with E-state index in [0.717, 1.165) is 25.7 Å². The topological polar surface area (TPSA) is 95.5 Å². The Morgan fingerprint density at radius 1 is 1.22 bits per heavy atom. The molecule has 1 aromatic carbocycles. The molecule has 128 valence electrons. The van der Waals surface area contributed by atoms with Crippen molar-refractivity contribution in [2.45, 2.75) is 62.9 Å². The Labute approximate surface area is 137 Å². The quantitative estimate of drug-likeness (QED) is 0.766. The summed E-state index contributed by atoms with van der Waals surface area (Å²) in [6, 6.07) is 4.45. The highest BCUT2D eigenvalue weighted by molar-refractivity contribution is 7.89. The van der Waals surface area contributed by atoms with Crippen molar-refractivity contribution >= 4 is 21.7 Å². The van der Waals surface area contributed by atoms with Crippen molar-refractivity contribution in [1.29, 1.82) is 0 Å². The molecule has 3 N–H and O–H groups in total. The summed E-state index contributed by atoms with van der Waals surface area (Å²) in [5.74, 6) is -1.14. The molecule has 0 unspecified atom stereocenters. The third-order valence-electron chi connectivity index (χ3n) is 3.69. The van der Waals surface area contributed by atoms with E-state index in [1.54, 1.807) is 26.8 Å². The number of rotatable bonds is 5. The summed E-state index contributed by atoms with van der Waals surface area (Å²) < 4.78 is 27.2. The Hall–Kier alpha value is -1.60. The summed E-state index contributed by atoms with van der Waals surface area (Å²) in [5.41, 5.74) is -0.184. The molecule has 0 spiro atoms. The maximum atomic E-state index is 12.4. The molecule has 0 saturated heterocycles. The van der Waals surface area contributed by atoms with Gasteiger partial charge in [-0.3, -0.25) is 0 Å². The molecule has 0 bridgehead atoms. The minimum atomic E-state index is -3.76. The SMILES string of the molecule is CC(C)(C)NS(=O)(=O)c1ccc(NC2CCCC2)c(C(=O)O)c1. The van der Waals surface area contributed by atoms with E-state index in [9.17, 15) is 18.3 Å². The van der Waals surface area contributed by atoms with Crippen LogP contribution in [0, 0.1) is 0 Å². The van der Waals surface area contributed by atoms with E-state index in [1.165, 1.54) is 12.1 Å². The lowest BCUT2D eigenvalue weighted by Crippen LogP contribution is -2.40. The second kappa shape index (κ2) is 6.49. The van der Waals surface area contributed by atoms with Crippen LogP contribution in [-0.4, -0.2) is 31.1 Å². The summed E-state index contributed by atoms with van der Waals surface area (Å²) >= 11 is 0. The van der Waals surface area contributed by atoms with Crippen LogP contribution in [0.2, 0.25) is 0 Å². The summed E-state index contributed by atoms with van der Waals surface area (Å²) in [5, 5.41) is 12.6. The number of sulfonamides is 1. The molecule has 2 rings (SSSR count). The number of aromatic carboxylic acids is 1. The largest absolute Gasteiger partial charge is 0.478 e. The van der Waals surface area contributed by atoms with Crippen LogP contribution < -0.4 is 10.0 Å². The average Bonchev–Trinajstić information content (AvgIpc) is 2.88. The monoisotopic (exact) mass is 340 g/mol. The van der Waals surface area contributed by atoms with Crippen molar-refractivity contribution in [1.82, 2.24) is 4.72 Å². The molecule has 0 aromatic heterocycles. The van der Waals surface area contributed by atoms with Crippen LogP contribution in [0.5, 0.6) is 0 Å². The molecule has 6 nitrogen and oxygen atoms in total. The maximum Gasteiger partial charge on any atom is 0.337 e. The molecule has 23 heavy (non-hydrogen) atoms. The smallest absolute Gasteiger partial charge is 0.337 e. The number of carboxylic acid groups (broad SMARTS) is 1. The second-order valence-electron chi connectivity index (χ2n) is 6.99. The van der Waals surface area contributed by atoms with Crippen LogP contribution in [0.3, 0.4) is 0 Å². The Kier molecular flexibility index (Phi) is 5.01. The molecule has 1 saturated carbocycles. The van der Waals surface area contributed by atoms with Gasteiger partial charge < -0.3 is 10.4 Å². The first-order chi connectivity index (χ1) is 10.6. The molecule has 0 amide bonds. The molecule has 1 aliphatic rings. The Morgan fingerprint density at radius 2 is 1.83 bits per heavy atom. The minimum Gasteiger partial charge on any atom is -0.478 e. The van der Waals surface area contributed by atoms with Crippen LogP contribution in [0.15, 0.2) is 23.1 Å². The normalized spacial score (nSPS) is 16.5. The second-order valence-corrected chi connectivity index (χ2v) is 8.68. The van der Waals surface area contributed by atoms with Gasteiger partial charge in [0.1, 0.15) is 0 Å². The lowest BCUT2D eigenvalue weighted by molar-refractivity contribution is 0.0697. The van der Waals surface area contributed by atoms with Crippen molar-refractivity contribution in [3.63, 3.8) is 0 Å². The van der Waals surface area contributed by atoms with Crippen LogP contribution in [0.4, 0.5) is 5.69 Å². The fourth-order valence-corrected chi connectivity index (χ4v) is 4.19. The van der Waals surface area contributed by atoms with Gasteiger partial charge in [0.2, 0.25) is 10.0 Å². The molecule has 7 heteroatoms. The summed E-state index contributed by atoms with van der Waals surface area (Å²) in [7, 11) is -3.76. The number of anilines is 1. The zero-order valence-corrected chi connectivity index (χ0v) is 14.5. The van der Waals surface area contributed by atoms with Gasteiger partial charge in [0, 0.05) is 17.3 Å². The molecule has 1 aliphatic carbocycles. The fourth-order valence-electron chi connectivity index (χ4n) is 2.75. The molecule has 0 aliphatic heterocycles. The highest BCUT2D eigenvalue weighted by atomic mass is 32.2. The van der Waals surface area contributed by atoms with Gasteiger partial charge in [-0.1, -0.05) is 12.8 Å². The van der Waals surface area contributed by atoms with Gasteiger partial charge in [-0.2, -0.15) is 0 Å². The van der Waals surface area contributed by atoms with Gasteiger partial charge in [0.25, 0.3) is 0 Å². The van der Waals surface area contributed by atoms with Crippen molar-refractivity contribution in [3.05, 3.63) is 23.8 Å². The minimum absolute atomic E-state index is 0.0197. The molecule has 0 atom stereocenters. The third kappa shape index (κ3) is 4.68. The molecule has 0 heterocycles. The standard InChI is InChI=1S/C16H24N2O4S/c1-16(2,3)18-23(21,22)12-8-9-14(13(10-12)15(19)20)17-11-6-4-5-7-11/h8-11,17-18H,4-7H2,1-3H3,(H,19,20). The Balaban J connectivity index is 2.33. The molecule has 1 fully saturated rings. The predicted molar refractivity (Wildman–Crippen MR) is 89.4 cm³/mol. The number of hydrogen-bond acceptors (Lipinski definition) is 4. The van der Waals surface area contributed by atoms with Crippen molar-refractivity contribution in [3.8, 4) is 0 Å². The van der Waals surface area contributed by atoms with Gasteiger partial charge in [0.15, 0.2) is 0 Å². The van der Waals surface area contributed by atoms with Crippen LogP contribution >= 0.6 is 0 Å². The maximum absolute atomic E-state index is 12.4. The van der Waals surface area contributed by atoms with Crippen LogP contribution in [0.25, 0.3) is 0 Å². The summed E-state index contributed by atoms with van der Waals surface area (Å²) in [6.45, 7) is 5.20. The molecule has 0 radical (unpaired) electrons. The van der Waals surface area contributed by atoms with Crippen molar-refractivity contribution in [2.75, 3.05) is 5.32 Å². The van der Waals surface area contributed by atoms with E-state index in [-0.39, 0.29) is 16.5 Å². The van der Waals surface area contributed by atoms with Crippen molar-refractivity contribution < 1.29 is 18.3 Å². The Morgan fingerprint density at radius 3 is 2.35 bits per heavy atom. The van der Waals surface area contributed by atoms with E-state index < -0.39 is 21.5 Å². The zero-order valence-electron chi connectivity index (χ0n) is 13.7. The van der Waals surface area contributed by atoms with E-state index >= 15 is 0 Å². The third-order valence-corrected chi connectivity index (χ3v) is 5.44. The highest BCUT2D eigenvalue weighted by Gasteiger charge is 2.25. The van der Waals surface area contributed by atoms with E-state index in [2.05, 4.69) is 10.0 Å². The van der Waals surface area contributed by atoms with Gasteiger partial charge in [-0.25, -0.2) is 17.9 Å². The number of benzene rings is 1. The van der Waals surface area contributed by atoms with Crippen LogP contribution in [-0.2, 0) is 10.0 Å². The highest BCUT2D eigenvalue weighted by Crippen LogP contribution is 2.26. The summed E-state index contributed by atoms with van der Waals surface area (Å²) in [6.07, 6.45) is 4.26. The van der Waals surface area contributed by atoms with Crippen molar-refractivity contribution in [2.24, 2.45) is 0 Å². The van der Waals surface area contributed by atoms with E-state index in [4.69, 9.17) is 0 Å². The summed E-state index contributed by atoms with van der Waals surface area (Å²) in [4.78, 5) is 11.5. The first kappa shape index (κ1) is 17.7. The van der Waals surface area contributed by atoms with E-state index in [1.807, 2.05) is 0 Å². The first-order valence-electron chi connectivity index (χ1n) is 7.76. The van der Waals surface area contributed by atoms with Gasteiger partial charge >= 0.3 is 5.97 Å². The van der Waals surface area contributed by atoms with Crippen LogP contribution in [0.1, 0.15) is 56.8 Å². The molecular weight excluding hydrogens is 316 g/mol. The Bertz CT molecular complexity index is 687. The van der Waals surface area contributed by atoms with Gasteiger partial charge in [-0.15, -0.1) is 0 Å².